The van der Waals surface area contributed by atoms with Crippen LogP contribution in [-0.2, 0) is 12.7 Å². The van der Waals surface area contributed by atoms with E-state index in [9.17, 15) is 22.0 Å². The van der Waals surface area contributed by atoms with Crippen molar-refractivity contribution < 1.29 is 26.4 Å². The van der Waals surface area contributed by atoms with Gasteiger partial charge in [-0.15, -0.1) is 0 Å². The lowest BCUT2D eigenvalue weighted by molar-refractivity contribution is -0.137. The van der Waals surface area contributed by atoms with Crippen LogP contribution in [0.2, 0.25) is 0 Å². The van der Waals surface area contributed by atoms with Gasteiger partial charge in [0, 0.05) is 24.7 Å². The molecule has 1 N–H and O–H groups in total. The second-order valence-corrected chi connectivity index (χ2v) is 8.78. The number of alkyl halides is 5. The van der Waals surface area contributed by atoms with Gasteiger partial charge in [-0.1, -0.05) is 0 Å². The first kappa shape index (κ1) is 23.4. The number of hydrogen-bond acceptors (Lipinski definition) is 8. The molecular formula is C22H22F5N7O. The molecule has 2 aliphatic rings. The van der Waals surface area contributed by atoms with Crippen molar-refractivity contribution >= 4 is 17.6 Å². The van der Waals surface area contributed by atoms with Crippen LogP contribution in [0.15, 0.2) is 41.4 Å². The van der Waals surface area contributed by atoms with Crippen LogP contribution in [0.4, 0.5) is 39.5 Å². The summed E-state index contributed by atoms with van der Waals surface area (Å²) in [6, 6.07) is 3.39. The summed E-state index contributed by atoms with van der Waals surface area (Å²) in [5, 5.41) is 2.79. The average Bonchev–Trinajstić information content (AvgIpc) is 3.30. The minimum absolute atomic E-state index is 0.0229. The molecule has 8 nitrogen and oxygen atoms in total. The van der Waals surface area contributed by atoms with E-state index in [1.54, 1.807) is 12.3 Å². The van der Waals surface area contributed by atoms with Gasteiger partial charge in [-0.2, -0.15) is 18.2 Å². The minimum Gasteiger partial charge on any atom is -0.447 e. The molecule has 0 saturated carbocycles. The first-order valence-electron chi connectivity index (χ1n) is 11.1. The molecule has 5 heterocycles. The van der Waals surface area contributed by atoms with Gasteiger partial charge in [0.2, 0.25) is 5.95 Å². The molecule has 35 heavy (non-hydrogen) atoms. The van der Waals surface area contributed by atoms with E-state index in [-0.39, 0.29) is 23.5 Å². The number of nitrogens with one attached hydrogen (secondary N) is 1. The SMILES string of the molecule is FC1(F)CN(c2nc(Nc3cc(C(F)(F)F)ccn3)cc(C3CCCN(Cc4cnco4)C3)n2)C1. The standard InChI is InChI=1S/C22H22F5N7O/c23-21(24)11-34(12-21)20-30-17(14-2-1-5-33(9-14)10-16-8-28-13-35-16)7-19(32-20)31-18-6-15(3-4-29-18)22(25,26)27/h3-4,6-8,13-14H,1-2,5,9-12H2,(H,29,30,31,32). The van der Waals surface area contributed by atoms with Crippen LogP contribution < -0.4 is 10.2 Å². The maximum Gasteiger partial charge on any atom is 0.416 e. The minimum atomic E-state index is -4.53. The molecule has 0 bridgehead atoms. The summed E-state index contributed by atoms with van der Waals surface area (Å²) in [6.45, 7) is 1.05. The topological polar surface area (TPSA) is 83.2 Å². The summed E-state index contributed by atoms with van der Waals surface area (Å²) in [5.74, 6) is -1.87. The number of halogens is 5. The Kier molecular flexibility index (Phi) is 6.03. The van der Waals surface area contributed by atoms with Crippen molar-refractivity contribution in [2.24, 2.45) is 0 Å². The maximum absolute atomic E-state index is 13.5. The molecule has 2 aliphatic heterocycles. The summed E-state index contributed by atoms with van der Waals surface area (Å²) >= 11 is 0. The van der Waals surface area contributed by atoms with E-state index in [1.807, 2.05) is 0 Å². The third-order valence-electron chi connectivity index (χ3n) is 5.99. The smallest absolute Gasteiger partial charge is 0.416 e. The number of anilines is 3. The number of pyridine rings is 1. The zero-order valence-electron chi connectivity index (χ0n) is 18.5. The van der Waals surface area contributed by atoms with Crippen molar-refractivity contribution in [3.8, 4) is 0 Å². The zero-order valence-corrected chi connectivity index (χ0v) is 18.5. The van der Waals surface area contributed by atoms with E-state index < -0.39 is 30.8 Å². The predicted molar refractivity (Wildman–Crippen MR) is 115 cm³/mol. The maximum atomic E-state index is 13.5. The molecule has 3 aromatic heterocycles. The number of hydrogen-bond donors (Lipinski definition) is 1. The Balaban J connectivity index is 1.41. The average molecular weight is 495 g/mol. The molecule has 2 fully saturated rings. The summed E-state index contributed by atoms with van der Waals surface area (Å²) in [5.41, 5.74) is -0.232. The van der Waals surface area contributed by atoms with Crippen LogP contribution in [0.5, 0.6) is 0 Å². The summed E-state index contributed by atoms with van der Waals surface area (Å²) < 4.78 is 71.7. The zero-order chi connectivity index (χ0) is 24.6. The molecule has 0 spiro atoms. The molecule has 13 heteroatoms. The van der Waals surface area contributed by atoms with E-state index in [4.69, 9.17) is 4.42 Å². The monoisotopic (exact) mass is 495 g/mol. The highest BCUT2D eigenvalue weighted by Crippen LogP contribution is 2.35. The Labute approximate surface area is 197 Å². The molecule has 0 amide bonds. The van der Waals surface area contributed by atoms with Crippen LogP contribution in [0.3, 0.4) is 0 Å². The van der Waals surface area contributed by atoms with E-state index >= 15 is 0 Å². The van der Waals surface area contributed by atoms with Crippen molar-refractivity contribution in [3.63, 3.8) is 0 Å². The summed E-state index contributed by atoms with van der Waals surface area (Å²) in [4.78, 5) is 20.3. The lowest BCUT2D eigenvalue weighted by Crippen LogP contribution is -2.57. The van der Waals surface area contributed by atoms with Crippen molar-refractivity contribution in [2.45, 2.75) is 37.4 Å². The quantitative estimate of drug-likeness (QED) is 0.502. The fourth-order valence-electron chi connectivity index (χ4n) is 4.31. The number of likely N-dealkylation sites (tertiary alicyclic amines) is 1. The van der Waals surface area contributed by atoms with Gasteiger partial charge in [0.25, 0.3) is 5.92 Å². The van der Waals surface area contributed by atoms with E-state index in [1.165, 1.54) is 11.3 Å². The van der Waals surface area contributed by atoms with Crippen molar-refractivity contribution in [2.75, 3.05) is 36.4 Å². The molecule has 1 atom stereocenters. The van der Waals surface area contributed by atoms with E-state index in [0.717, 1.165) is 43.5 Å². The van der Waals surface area contributed by atoms with Crippen LogP contribution in [0, 0.1) is 0 Å². The van der Waals surface area contributed by atoms with Gasteiger partial charge in [0.05, 0.1) is 37.1 Å². The van der Waals surface area contributed by atoms with Gasteiger partial charge in [-0.25, -0.2) is 23.7 Å². The highest BCUT2D eigenvalue weighted by Gasteiger charge is 2.45. The first-order chi connectivity index (χ1) is 16.6. The third kappa shape index (κ3) is 5.50. The predicted octanol–water partition coefficient (Wildman–Crippen LogP) is 4.46. The lowest BCUT2D eigenvalue weighted by Gasteiger charge is -2.39. The van der Waals surface area contributed by atoms with Gasteiger partial charge in [-0.3, -0.25) is 4.90 Å². The second kappa shape index (κ2) is 9.02. The van der Waals surface area contributed by atoms with Gasteiger partial charge >= 0.3 is 6.18 Å². The fraction of sp³-hybridized carbons (Fsp3) is 0.455. The second-order valence-electron chi connectivity index (χ2n) is 8.78. The Morgan fingerprint density at radius 3 is 2.69 bits per heavy atom. The number of aromatic nitrogens is 4. The van der Waals surface area contributed by atoms with Gasteiger partial charge in [0.15, 0.2) is 6.39 Å². The van der Waals surface area contributed by atoms with E-state index in [0.29, 0.717) is 18.8 Å². The van der Waals surface area contributed by atoms with Gasteiger partial charge in [-0.05, 0) is 31.5 Å². The molecule has 3 aromatic rings. The van der Waals surface area contributed by atoms with Crippen LogP contribution >= 0.6 is 0 Å². The Morgan fingerprint density at radius 1 is 1.14 bits per heavy atom. The molecule has 5 rings (SSSR count). The Hall–Kier alpha value is -3.35. The molecule has 1 unspecified atom stereocenters. The molecule has 0 aliphatic carbocycles. The number of nitrogens with zero attached hydrogens (tertiary/aromatic N) is 6. The van der Waals surface area contributed by atoms with Crippen molar-refractivity contribution in [1.29, 1.82) is 0 Å². The summed E-state index contributed by atoms with van der Waals surface area (Å²) in [6.07, 6.45) is 1.25. The lowest BCUT2D eigenvalue weighted by atomic mass is 9.94. The number of oxazole rings is 1. The van der Waals surface area contributed by atoms with Gasteiger partial charge in [0.1, 0.15) is 17.4 Å². The fourth-order valence-corrected chi connectivity index (χ4v) is 4.31. The van der Waals surface area contributed by atoms with Crippen LogP contribution in [0.1, 0.15) is 35.8 Å². The third-order valence-corrected chi connectivity index (χ3v) is 5.99. The highest BCUT2D eigenvalue weighted by molar-refractivity contribution is 5.56. The van der Waals surface area contributed by atoms with Gasteiger partial charge < -0.3 is 14.6 Å². The molecule has 2 saturated heterocycles. The van der Waals surface area contributed by atoms with Crippen molar-refractivity contribution in [3.05, 3.63) is 54.0 Å². The van der Waals surface area contributed by atoms with Crippen LogP contribution in [0.25, 0.3) is 0 Å². The normalized spacial score (nSPS) is 20.5. The van der Waals surface area contributed by atoms with Crippen molar-refractivity contribution in [1.82, 2.24) is 24.8 Å². The van der Waals surface area contributed by atoms with E-state index in [2.05, 4.69) is 30.2 Å². The number of rotatable bonds is 6. The van der Waals surface area contributed by atoms with Crippen LogP contribution in [-0.4, -0.2) is 56.9 Å². The summed E-state index contributed by atoms with van der Waals surface area (Å²) in [7, 11) is 0. The highest BCUT2D eigenvalue weighted by atomic mass is 19.4. The Bertz CT molecular complexity index is 1160. The molecular weight excluding hydrogens is 473 g/mol. The molecule has 0 aromatic carbocycles. The number of piperidine rings is 1. The largest absolute Gasteiger partial charge is 0.447 e. The first-order valence-corrected chi connectivity index (χ1v) is 11.1. The molecule has 0 radical (unpaired) electrons. The molecule has 186 valence electrons. The Morgan fingerprint density at radius 2 is 1.97 bits per heavy atom.